The van der Waals surface area contributed by atoms with Crippen LogP contribution in [0.3, 0.4) is 0 Å². The molecule has 25 heavy (non-hydrogen) atoms. The zero-order valence-electron chi connectivity index (χ0n) is 16.0. The van der Waals surface area contributed by atoms with Crippen LogP contribution in [0.15, 0.2) is 4.99 Å². The van der Waals surface area contributed by atoms with Gasteiger partial charge in [0.15, 0.2) is 5.96 Å². The molecule has 0 radical (unpaired) electrons. The first-order valence-corrected chi connectivity index (χ1v) is 9.24. The molecule has 1 amide bonds. The van der Waals surface area contributed by atoms with Crippen molar-refractivity contribution in [3.8, 4) is 0 Å². The quantitative estimate of drug-likeness (QED) is 0.538. The third-order valence-electron chi connectivity index (χ3n) is 4.93. The molecule has 0 aromatic carbocycles. The molecule has 1 fully saturated rings. The molecule has 0 atom stereocenters. The van der Waals surface area contributed by atoms with Gasteiger partial charge in [0.1, 0.15) is 0 Å². The minimum Gasteiger partial charge on any atom is -0.356 e. The van der Waals surface area contributed by atoms with Crippen molar-refractivity contribution in [1.29, 1.82) is 0 Å². The molecule has 140 valence electrons. The van der Waals surface area contributed by atoms with E-state index in [4.69, 9.17) is 0 Å². The van der Waals surface area contributed by atoms with Crippen LogP contribution in [0.25, 0.3) is 0 Å². The maximum atomic E-state index is 12.0. The van der Waals surface area contributed by atoms with E-state index in [1.807, 2.05) is 18.7 Å². The summed E-state index contributed by atoms with van der Waals surface area (Å²) in [5.74, 6) is 0.821. The summed E-state index contributed by atoms with van der Waals surface area (Å²) in [4.78, 5) is 16.2. The van der Waals surface area contributed by atoms with Gasteiger partial charge in [0.25, 0.3) is 0 Å². The second-order valence-corrected chi connectivity index (χ2v) is 6.78. The summed E-state index contributed by atoms with van der Waals surface area (Å²) in [7, 11) is 3.68. The fraction of sp³-hybridized carbons (Fsp3) is 0.722. The van der Waals surface area contributed by atoms with Crippen LogP contribution in [0, 0.1) is 13.8 Å². The first-order chi connectivity index (χ1) is 12.0. The minimum atomic E-state index is 0.119. The van der Waals surface area contributed by atoms with Gasteiger partial charge in [0.2, 0.25) is 5.91 Å². The van der Waals surface area contributed by atoms with E-state index < -0.39 is 0 Å². The average molecular weight is 348 g/mol. The predicted octanol–water partition coefficient (Wildman–Crippen LogP) is 1.54. The third kappa shape index (κ3) is 5.76. The van der Waals surface area contributed by atoms with E-state index in [2.05, 4.69) is 33.0 Å². The zero-order valence-corrected chi connectivity index (χ0v) is 16.0. The molecular weight excluding hydrogens is 316 g/mol. The van der Waals surface area contributed by atoms with Gasteiger partial charge < -0.3 is 16.0 Å². The Morgan fingerprint density at radius 1 is 1.24 bits per heavy atom. The Balaban J connectivity index is 1.70. The van der Waals surface area contributed by atoms with Crippen LogP contribution in [0.2, 0.25) is 0 Å². The topological polar surface area (TPSA) is 83.3 Å². The second kappa shape index (κ2) is 9.44. The standard InChI is InChI=1S/C18H32N6O/c1-13-16(14(2)24(4)23-13)12-21-18(19-3)20-11-10-17(25)22-15-8-6-5-7-9-15/h15H,5-12H2,1-4H3,(H,22,25)(H2,19,20,21). The van der Waals surface area contributed by atoms with Gasteiger partial charge in [-0.15, -0.1) is 0 Å². The highest BCUT2D eigenvalue weighted by Crippen LogP contribution is 2.17. The molecule has 0 spiro atoms. The maximum Gasteiger partial charge on any atom is 0.221 e. The number of guanidine groups is 1. The molecule has 1 aliphatic carbocycles. The molecule has 3 N–H and O–H groups in total. The monoisotopic (exact) mass is 348 g/mol. The average Bonchev–Trinajstić information content (AvgIpc) is 2.84. The summed E-state index contributed by atoms with van der Waals surface area (Å²) in [6.07, 6.45) is 6.45. The number of aliphatic imine (C=N–C) groups is 1. The van der Waals surface area contributed by atoms with Crippen LogP contribution in [0.5, 0.6) is 0 Å². The first kappa shape index (κ1) is 19.3. The van der Waals surface area contributed by atoms with E-state index >= 15 is 0 Å². The van der Waals surface area contributed by atoms with Gasteiger partial charge in [0.05, 0.1) is 5.69 Å². The summed E-state index contributed by atoms with van der Waals surface area (Å²) < 4.78 is 1.89. The van der Waals surface area contributed by atoms with Gasteiger partial charge in [-0.05, 0) is 26.7 Å². The molecule has 7 nitrogen and oxygen atoms in total. The lowest BCUT2D eigenvalue weighted by Gasteiger charge is -2.22. The Labute approximate surface area is 150 Å². The highest BCUT2D eigenvalue weighted by molar-refractivity contribution is 5.81. The molecule has 0 unspecified atom stereocenters. The molecule has 1 aromatic heterocycles. The van der Waals surface area contributed by atoms with Crippen LogP contribution in [-0.2, 0) is 18.4 Å². The van der Waals surface area contributed by atoms with E-state index in [0.717, 1.165) is 24.2 Å². The van der Waals surface area contributed by atoms with Crippen molar-refractivity contribution in [2.75, 3.05) is 13.6 Å². The number of nitrogens with zero attached hydrogens (tertiary/aromatic N) is 3. The third-order valence-corrected chi connectivity index (χ3v) is 4.93. The molecule has 7 heteroatoms. The molecule has 1 aromatic rings. The van der Waals surface area contributed by atoms with E-state index in [1.165, 1.54) is 24.8 Å². The molecule has 1 saturated carbocycles. The van der Waals surface area contributed by atoms with Crippen LogP contribution in [0.4, 0.5) is 0 Å². The lowest BCUT2D eigenvalue weighted by molar-refractivity contribution is -0.121. The molecule has 2 rings (SSSR count). The van der Waals surface area contributed by atoms with Gasteiger partial charge in [-0.2, -0.15) is 5.10 Å². The number of aromatic nitrogens is 2. The summed E-state index contributed by atoms with van der Waals surface area (Å²) in [5, 5.41) is 14.0. The van der Waals surface area contributed by atoms with Gasteiger partial charge >= 0.3 is 0 Å². The maximum absolute atomic E-state index is 12.0. The summed E-state index contributed by atoms with van der Waals surface area (Å²) in [5.41, 5.74) is 3.35. The Morgan fingerprint density at radius 2 is 1.96 bits per heavy atom. The Kier molecular flexibility index (Phi) is 7.28. The van der Waals surface area contributed by atoms with E-state index in [-0.39, 0.29) is 5.91 Å². The van der Waals surface area contributed by atoms with Gasteiger partial charge in [-0.3, -0.25) is 14.5 Å². The van der Waals surface area contributed by atoms with Crippen LogP contribution in [0.1, 0.15) is 55.5 Å². The number of nitrogens with one attached hydrogen (secondary N) is 3. The summed E-state index contributed by atoms with van der Waals surface area (Å²) in [6, 6.07) is 0.371. The normalized spacial score (nSPS) is 15.9. The van der Waals surface area contributed by atoms with Crippen molar-refractivity contribution in [2.45, 2.75) is 65.0 Å². The van der Waals surface area contributed by atoms with Crippen molar-refractivity contribution in [1.82, 2.24) is 25.7 Å². The fourth-order valence-electron chi connectivity index (χ4n) is 3.31. The first-order valence-electron chi connectivity index (χ1n) is 9.24. The number of amides is 1. The van der Waals surface area contributed by atoms with Gasteiger partial charge in [0, 0.05) is 50.9 Å². The molecule has 1 aliphatic rings. The SMILES string of the molecule is CN=C(NCCC(=O)NC1CCCCC1)NCc1c(C)nn(C)c1C. The molecular formula is C18H32N6O. The number of hydrogen-bond acceptors (Lipinski definition) is 3. The van der Waals surface area contributed by atoms with E-state index in [1.54, 1.807) is 7.05 Å². The van der Waals surface area contributed by atoms with Crippen molar-refractivity contribution in [2.24, 2.45) is 12.0 Å². The van der Waals surface area contributed by atoms with Crippen LogP contribution >= 0.6 is 0 Å². The Bertz CT molecular complexity index is 601. The Morgan fingerprint density at radius 3 is 2.56 bits per heavy atom. The van der Waals surface area contributed by atoms with Crippen LogP contribution in [-0.4, -0.2) is 41.3 Å². The number of rotatable bonds is 6. The number of aryl methyl sites for hydroxylation is 2. The molecule has 1 heterocycles. The predicted molar refractivity (Wildman–Crippen MR) is 101 cm³/mol. The van der Waals surface area contributed by atoms with Gasteiger partial charge in [-0.25, -0.2) is 0 Å². The smallest absolute Gasteiger partial charge is 0.221 e. The van der Waals surface area contributed by atoms with Crippen molar-refractivity contribution >= 4 is 11.9 Å². The molecule has 0 saturated heterocycles. The highest BCUT2D eigenvalue weighted by Gasteiger charge is 2.15. The number of hydrogen-bond donors (Lipinski definition) is 3. The number of carbonyl (C=O) groups is 1. The minimum absolute atomic E-state index is 0.119. The summed E-state index contributed by atoms with van der Waals surface area (Å²) >= 11 is 0. The van der Waals surface area contributed by atoms with Crippen molar-refractivity contribution in [3.05, 3.63) is 17.0 Å². The highest BCUT2D eigenvalue weighted by atomic mass is 16.1. The molecule has 0 aliphatic heterocycles. The fourth-order valence-corrected chi connectivity index (χ4v) is 3.31. The summed E-state index contributed by atoms with van der Waals surface area (Å²) in [6.45, 7) is 5.31. The van der Waals surface area contributed by atoms with E-state index in [0.29, 0.717) is 31.5 Å². The van der Waals surface area contributed by atoms with Crippen molar-refractivity contribution < 1.29 is 4.79 Å². The van der Waals surface area contributed by atoms with Crippen LogP contribution < -0.4 is 16.0 Å². The second-order valence-electron chi connectivity index (χ2n) is 6.78. The lowest BCUT2D eigenvalue weighted by Crippen LogP contribution is -2.41. The zero-order chi connectivity index (χ0) is 18.2. The van der Waals surface area contributed by atoms with E-state index in [9.17, 15) is 4.79 Å². The lowest BCUT2D eigenvalue weighted by atomic mass is 9.95. The Hall–Kier alpha value is -2.05. The largest absolute Gasteiger partial charge is 0.356 e. The van der Waals surface area contributed by atoms with Crippen molar-refractivity contribution in [3.63, 3.8) is 0 Å². The number of carbonyl (C=O) groups excluding carboxylic acids is 1. The molecule has 0 bridgehead atoms. The van der Waals surface area contributed by atoms with Gasteiger partial charge in [-0.1, -0.05) is 19.3 Å².